The molecule has 1 aliphatic carbocycles. The number of hydrogen-bond donors (Lipinski definition) is 2. The van der Waals surface area contributed by atoms with Crippen LogP contribution in [0, 0.1) is 6.92 Å². The lowest BCUT2D eigenvalue weighted by Gasteiger charge is -2.25. The Morgan fingerprint density at radius 2 is 2.04 bits per heavy atom. The third kappa shape index (κ3) is 4.59. The van der Waals surface area contributed by atoms with Crippen LogP contribution in [0.3, 0.4) is 0 Å². The summed E-state index contributed by atoms with van der Waals surface area (Å²) in [5.41, 5.74) is 8.45. The number of thiophene rings is 2. The molecular formula is C20H27N3O2S2. The zero-order valence-electron chi connectivity index (χ0n) is 16.1. The van der Waals surface area contributed by atoms with Crippen LogP contribution < -0.4 is 11.1 Å². The smallest absolute Gasteiger partial charge is 0.251 e. The van der Waals surface area contributed by atoms with Crippen molar-refractivity contribution in [1.29, 1.82) is 0 Å². The molecular weight excluding hydrogens is 378 g/mol. The number of carbonyl (C=O) groups excluding carboxylic acids is 2. The highest BCUT2D eigenvalue weighted by Gasteiger charge is 2.25. The van der Waals surface area contributed by atoms with Crippen molar-refractivity contribution in [2.75, 3.05) is 11.9 Å². The molecule has 146 valence electrons. The Bertz CT molecular complexity index is 838. The molecule has 2 aromatic heterocycles. The highest BCUT2D eigenvalue weighted by molar-refractivity contribution is 7.17. The van der Waals surface area contributed by atoms with Gasteiger partial charge in [-0.3, -0.25) is 14.5 Å². The van der Waals surface area contributed by atoms with E-state index in [-0.39, 0.29) is 18.5 Å². The number of aryl methyl sites for hydroxylation is 2. The number of amides is 2. The number of rotatable bonds is 7. The number of anilines is 1. The zero-order valence-corrected chi connectivity index (χ0v) is 17.8. The molecule has 3 rings (SSSR count). The minimum absolute atomic E-state index is 0.0981. The predicted octanol–water partition coefficient (Wildman–Crippen LogP) is 3.94. The SMILES string of the molecule is Cc1ccsc1CN(CC(=O)Nc1sc2c(c1C(N)=O)CCCC2)C(C)C. The van der Waals surface area contributed by atoms with E-state index in [0.717, 1.165) is 37.8 Å². The number of nitrogens with zero attached hydrogens (tertiary/aromatic N) is 1. The Hall–Kier alpha value is -1.70. The fraction of sp³-hybridized carbons (Fsp3) is 0.500. The Morgan fingerprint density at radius 1 is 1.30 bits per heavy atom. The maximum absolute atomic E-state index is 12.7. The first kappa shape index (κ1) is 20.0. The summed E-state index contributed by atoms with van der Waals surface area (Å²) in [6.45, 7) is 7.32. The number of carbonyl (C=O) groups is 2. The van der Waals surface area contributed by atoms with Crippen LogP contribution in [-0.2, 0) is 24.2 Å². The first-order chi connectivity index (χ1) is 12.9. The van der Waals surface area contributed by atoms with Gasteiger partial charge < -0.3 is 11.1 Å². The fourth-order valence-electron chi connectivity index (χ4n) is 3.44. The van der Waals surface area contributed by atoms with Crippen LogP contribution >= 0.6 is 22.7 Å². The standard InChI is InChI=1S/C20H27N3O2S2/c1-12(2)23(10-16-13(3)8-9-26-16)11-17(24)22-20-18(19(21)25)14-6-4-5-7-15(14)27-20/h8-9,12H,4-7,10-11H2,1-3H3,(H2,21,25)(H,22,24). The molecule has 0 atom stereocenters. The van der Waals surface area contributed by atoms with Gasteiger partial charge in [-0.25, -0.2) is 0 Å². The molecule has 2 heterocycles. The summed E-state index contributed by atoms with van der Waals surface area (Å²) in [5.74, 6) is -0.543. The first-order valence-corrected chi connectivity index (χ1v) is 11.1. The molecule has 5 nitrogen and oxygen atoms in total. The minimum atomic E-state index is -0.445. The zero-order chi connectivity index (χ0) is 19.6. The number of hydrogen-bond acceptors (Lipinski definition) is 5. The van der Waals surface area contributed by atoms with E-state index in [1.54, 1.807) is 11.3 Å². The first-order valence-electron chi connectivity index (χ1n) is 9.38. The van der Waals surface area contributed by atoms with Crippen molar-refractivity contribution >= 4 is 39.5 Å². The van der Waals surface area contributed by atoms with Crippen LogP contribution in [0.2, 0.25) is 0 Å². The maximum Gasteiger partial charge on any atom is 0.251 e. The van der Waals surface area contributed by atoms with Gasteiger partial charge in [-0.15, -0.1) is 22.7 Å². The third-order valence-corrected chi connectivity index (χ3v) is 7.28. The van der Waals surface area contributed by atoms with E-state index in [4.69, 9.17) is 5.73 Å². The van der Waals surface area contributed by atoms with Gasteiger partial charge in [0.25, 0.3) is 5.91 Å². The van der Waals surface area contributed by atoms with Crippen LogP contribution in [0.4, 0.5) is 5.00 Å². The Balaban J connectivity index is 1.73. The number of fused-ring (bicyclic) bond motifs is 1. The molecule has 0 saturated heterocycles. The van der Waals surface area contributed by atoms with Crippen molar-refractivity contribution in [1.82, 2.24) is 4.90 Å². The molecule has 0 saturated carbocycles. The van der Waals surface area contributed by atoms with Crippen LogP contribution in [0.25, 0.3) is 0 Å². The van der Waals surface area contributed by atoms with Gasteiger partial charge in [0.05, 0.1) is 12.1 Å². The third-order valence-electron chi connectivity index (χ3n) is 5.06. The molecule has 0 bridgehead atoms. The second-order valence-corrected chi connectivity index (χ2v) is 9.46. The van der Waals surface area contributed by atoms with Crippen LogP contribution in [0.1, 0.15) is 57.9 Å². The molecule has 0 spiro atoms. The highest BCUT2D eigenvalue weighted by atomic mass is 32.1. The average Bonchev–Trinajstić information content (AvgIpc) is 3.17. The molecule has 0 fully saturated rings. The van der Waals surface area contributed by atoms with Gasteiger partial charge in [0.15, 0.2) is 0 Å². The number of nitrogens with one attached hydrogen (secondary N) is 1. The maximum atomic E-state index is 12.7. The Kier molecular flexibility index (Phi) is 6.34. The van der Waals surface area contributed by atoms with Gasteiger partial charge >= 0.3 is 0 Å². The topological polar surface area (TPSA) is 75.4 Å². The molecule has 2 aromatic rings. The monoisotopic (exact) mass is 405 g/mol. The van der Waals surface area contributed by atoms with Crippen LogP contribution in [0.15, 0.2) is 11.4 Å². The summed E-state index contributed by atoms with van der Waals surface area (Å²) >= 11 is 3.23. The van der Waals surface area contributed by atoms with E-state index in [2.05, 4.69) is 42.4 Å². The van der Waals surface area contributed by atoms with Gasteiger partial charge in [0.1, 0.15) is 5.00 Å². The van der Waals surface area contributed by atoms with Crippen molar-refractivity contribution in [3.05, 3.63) is 37.9 Å². The van der Waals surface area contributed by atoms with Crippen molar-refractivity contribution < 1.29 is 9.59 Å². The van der Waals surface area contributed by atoms with E-state index in [0.29, 0.717) is 10.6 Å². The number of nitrogens with two attached hydrogens (primary N) is 1. The molecule has 1 aliphatic rings. The summed E-state index contributed by atoms with van der Waals surface area (Å²) in [5, 5.41) is 5.67. The van der Waals surface area contributed by atoms with Crippen molar-refractivity contribution in [3.8, 4) is 0 Å². The van der Waals surface area contributed by atoms with Crippen molar-refractivity contribution in [3.63, 3.8) is 0 Å². The molecule has 2 amide bonds. The molecule has 27 heavy (non-hydrogen) atoms. The Labute approximate surface area is 168 Å². The number of primary amides is 1. The van der Waals surface area contributed by atoms with E-state index < -0.39 is 5.91 Å². The molecule has 0 aromatic carbocycles. The quantitative estimate of drug-likeness (QED) is 0.732. The average molecular weight is 406 g/mol. The van der Waals surface area contributed by atoms with Crippen LogP contribution in [0.5, 0.6) is 0 Å². The van der Waals surface area contributed by atoms with Crippen molar-refractivity contribution in [2.45, 2.75) is 59.0 Å². The van der Waals surface area contributed by atoms with E-state index in [1.165, 1.54) is 26.7 Å². The summed E-state index contributed by atoms with van der Waals surface area (Å²) in [6.07, 6.45) is 4.03. The van der Waals surface area contributed by atoms with Crippen molar-refractivity contribution in [2.24, 2.45) is 5.73 Å². The van der Waals surface area contributed by atoms with Gasteiger partial charge in [-0.2, -0.15) is 0 Å². The van der Waals surface area contributed by atoms with Gasteiger partial charge in [-0.1, -0.05) is 0 Å². The van der Waals surface area contributed by atoms with Gasteiger partial charge in [0.2, 0.25) is 5.91 Å². The lowest BCUT2D eigenvalue weighted by Crippen LogP contribution is -2.37. The Morgan fingerprint density at radius 3 is 2.67 bits per heavy atom. The predicted molar refractivity (Wildman–Crippen MR) is 113 cm³/mol. The summed E-state index contributed by atoms with van der Waals surface area (Å²) < 4.78 is 0. The second kappa shape index (κ2) is 8.54. The normalized spacial score (nSPS) is 13.8. The largest absolute Gasteiger partial charge is 0.365 e. The van der Waals surface area contributed by atoms with Crippen LogP contribution in [-0.4, -0.2) is 29.3 Å². The fourth-order valence-corrected chi connectivity index (χ4v) is 5.68. The lowest BCUT2D eigenvalue weighted by molar-refractivity contribution is -0.117. The molecule has 0 unspecified atom stereocenters. The summed E-state index contributed by atoms with van der Waals surface area (Å²) in [4.78, 5) is 29.3. The molecule has 7 heteroatoms. The van der Waals surface area contributed by atoms with E-state index >= 15 is 0 Å². The minimum Gasteiger partial charge on any atom is -0.365 e. The van der Waals surface area contributed by atoms with Gasteiger partial charge in [-0.05, 0) is 69.0 Å². The van der Waals surface area contributed by atoms with E-state index in [1.807, 2.05) is 0 Å². The highest BCUT2D eigenvalue weighted by Crippen LogP contribution is 2.37. The van der Waals surface area contributed by atoms with E-state index in [9.17, 15) is 9.59 Å². The molecule has 0 radical (unpaired) electrons. The lowest BCUT2D eigenvalue weighted by atomic mass is 9.95. The molecule has 0 aliphatic heterocycles. The second-order valence-electron chi connectivity index (χ2n) is 7.35. The van der Waals surface area contributed by atoms with Gasteiger partial charge in [0, 0.05) is 22.3 Å². The summed E-state index contributed by atoms with van der Waals surface area (Å²) in [7, 11) is 0. The molecule has 3 N–H and O–H groups in total. The summed E-state index contributed by atoms with van der Waals surface area (Å²) in [6, 6.07) is 2.35.